The van der Waals surface area contributed by atoms with Crippen molar-refractivity contribution in [3.05, 3.63) is 34.3 Å². The van der Waals surface area contributed by atoms with Crippen LogP contribution in [0.25, 0.3) is 0 Å². The molecule has 0 saturated carbocycles. The molecule has 0 aliphatic rings. The Labute approximate surface area is 88.3 Å². The number of carboxylic acid groups (broad SMARTS) is 1. The Hall–Kier alpha value is -1.23. The van der Waals surface area contributed by atoms with Gasteiger partial charge in [0.1, 0.15) is 0 Å². The summed E-state index contributed by atoms with van der Waals surface area (Å²) in [6.45, 7) is 0. The van der Waals surface area contributed by atoms with Crippen LogP contribution in [0.4, 0.5) is 13.2 Å². The van der Waals surface area contributed by atoms with Crippen LogP contribution in [0, 0.1) is 0 Å². The quantitative estimate of drug-likeness (QED) is 0.860. The van der Waals surface area contributed by atoms with E-state index < -0.39 is 29.2 Å². The van der Waals surface area contributed by atoms with Gasteiger partial charge >= 0.3 is 12.1 Å². The number of hydrogen-bond acceptors (Lipinski definition) is 1. The lowest BCUT2D eigenvalue weighted by molar-refractivity contribution is -0.139. The van der Waals surface area contributed by atoms with Gasteiger partial charge in [0.05, 0.1) is 17.0 Å². The normalized spacial score (nSPS) is 11.5. The van der Waals surface area contributed by atoms with E-state index in [0.29, 0.717) is 0 Å². The van der Waals surface area contributed by atoms with E-state index in [1.165, 1.54) is 6.07 Å². The van der Waals surface area contributed by atoms with Crippen molar-refractivity contribution in [3.63, 3.8) is 0 Å². The minimum absolute atomic E-state index is 0.331. The fourth-order valence-corrected chi connectivity index (χ4v) is 1.50. The summed E-state index contributed by atoms with van der Waals surface area (Å²) < 4.78 is 37.4. The van der Waals surface area contributed by atoms with Crippen LogP contribution in [0.5, 0.6) is 0 Å². The van der Waals surface area contributed by atoms with Crippen LogP contribution in [0.1, 0.15) is 11.1 Å². The third-order valence-corrected chi connectivity index (χ3v) is 2.04. The number of carbonyl (C=O) groups is 1. The van der Waals surface area contributed by atoms with Crippen molar-refractivity contribution in [2.45, 2.75) is 12.6 Å². The summed E-state index contributed by atoms with van der Waals surface area (Å²) in [5.74, 6) is -1.33. The molecule has 0 radical (unpaired) electrons. The topological polar surface area (TPSA) is 37.3 Å². The Bertz CT molecular complexity index is 387. The molecular weight excluding hydrogens is 233 g/mol. The third kappa shape index (κ3) is 2.86. The summed E-state index contributed by atoms with van der Waals surface area (Å²) in [6, 6.07) is 3.47. The Morgan fingerprint density at radius 1 is 1.40 bits per heavy atom. The smallest absolute Gasteiger partial charge is 0.418 e. The molecule has 0 unspecified atom stereocenters. The molecule has 0 bridgehead atoms. The number of aliphatic carboxylic acids is 1. The van der Waals surface area contributed by atoms with Crippen molar-refractivity contribution in [1.29, 1.82) is 0 Å². The fraction of sp³-hybridized carbons (Fsp3) is 0.222. The third-order valence-electron chi connectivity index (χ3n) is 1.73. The monoisotopic (exact) mass is 238 g/mol. The van der Waals surface area contributed by atoms with Crippen LogP contribution in [-0.2, 0) is 17.4 Å². The highest BCUT2D eigenvalue weighted by Gasteiger charge is 2.36. The lowest BCUT2D eigenvalue weighted by Crippen LogP contribution is -2.12. The van der Waals surface area contributed by atoms with Crippen molar-refractivity contribution in [1.82, 2.24) is 0 Å². The van der Waals surface area contributed by atoms with E-state index in [9.17, 15) is 18.0 Å². The Kier molecular flexibility index (Phi) is 3.24. The maximum atomic E-state index is 12.5. The zero-order valence-corrected chi connectivity index (χ0v) is 8.06. The molecule has 0 saturated heterocycles. The van der Waals surface area contributed by atoms with Gasteiger partial charge in [0.15, 0.2) is 0 Å². The van der Waals surface area contributed by atoms with Crippen molar-refractivity contribution < 1.29 is 23.1 Å². The SMILES string of the molecule is O=C(O)Cc1cccc(Cl)c1C(F)(F)F. The first-order chi connectivity index (χ1) is 6.82. The second kappa shape index (κ2) is 4.10. The molecule has 0 amide bonds. The first kappa shape index (κ1) is 11.8. The number of rotatable bonds is 2. The molecule has 15 heavy (non-hydrogen) atoms. The molecule has 1 aromatic carbocycles. The first-order valence-electron chi connectivity index (χ1n) is 3.88. The summed E-state index contributed by atoms with van der Waals surface area (Å²) in [4.78, 5) is 10.3. The Balaban J connectivity index is 3.27. The van der Waals surface area contributed by atoms with Gasteiger partial charge in [-0.3, -0.25) is 4.79 Å². The van der Waals surface area contributed by atoms with Crippen LogP contribution in [0.3, 0.4) is 0 Å². The van der Waals surface area contributed by atoms with Crippen molar-refractivity contribution in [3.8, 4) is 0 Å². The maximum absolute atomic E-state index is 12.5. The zero-order valence-electron chi connectivity index (χ0n) is 7.31. The van der Waals surface area contributed by atoms with Gasteiger partial charge in [0.25, 0.3) is 0 Å². The second-order valence-corrected chi connectivity index (χ2v) is 3.25. The summed E-state index contributed by atoms with van der Waals surface area (Å²) in [7, 11) is 0. The molecule has 2 nitrogen and oxygen atoms in total. The molecule has 1 N–H and O–H groups in total. The molecular formula is C9H6ClF3O2. The van der Waals surface area contributed by atoms with Crippen LogP contribution in [0.15, 0.2) is 18.2 Å². The molecule has 0 heterocycles. The molecule has 0 aliphatic carbocycles. The van der Waals surface area contributed by atoms with Gasteiger partial charge in [-0.15, -0.1) is 0 Å². The van der Waals surface area contributed by atoms with Crippen LogP contribution >= 0.6 is 11.6 Å². The molecule has 0 aliphatic heterocycles. The minimum atomic E-state index is -4.64. The van der Waals surface area contributed by atoms with E-state index in [0.717, 1.165) is 12.1 Å². The minimum Gasteiger partial charge on any atom is -0.481 e. The molecule has 1 aromatic rings. The summed E-state index contributed by atoms with van der Waals surface area (Å²) >= 11 is 5.38. The molecule has 1 rings (SSSR count). The van der Waals surface area contributed by atoms with Gasteiger partial charge in [0.2, 0.25) is 0 Å². The number of hydrogen-bond donors (Lipinski definition) is 1. The van der Waals surface area contributed by atoms with Crippen molar-refractivity contribution >= 4 is 17.6 Å². The number of benzene rings is 1. The van der Waals surface area contributed by atoms with Gasteiger partial charge in [-0.2, -0.15) is 13.2 Å². The summed E-state index contributed by atoms with van der Waals surface area (Å²) in [5, 5.41) is 7.95. The highest BCUT2D eigenvalue weighted by Crippen LogP contribution is 2.37. The maximum Gasteiger partial charge on any atom is 0.418 e. The van der Waals surface area contributed by atoms with Gasteiger partial charge in [-0.05, 0) is 11.6 Å². The molecule has 82 valence electrons. The zero-order chi connectivity index (χ0) is 11.6. The molecule has 0 fully saturated rings. The van der Waals surface area contributed by atoms with Crippen LogP contribution < -0.4 is 0 Å². The number of alkyl halides is 3. The number of halogens is 4. The van der Waals surface area contributed by atoms with Crippen molar-refractivity contribution in [2.75, 3.05) is 0 Å². The summed E-state index contributed by atoms with van der Waals surface area (Å²) in [5.41, 5.74) is -1.41. The number of carboxylic acids is 1. The van der Waals surface area contributed by atoms with Crippen LogP contribution in [0.2, 0.25) is 5.02 Å². The first-order valence-corrected chi connectivity index (χ1v) is 4.26. The fourth-order valence-electron chi connectivity index (χ4n) is 1.20. The van der Waals surface area contributed by atoms with E-state index in [2.05, 4.69) is 0 Å². The molecule has 0 aromatic heterocycles. The molecule has 0 atom stereocenters. The predicted octanol–water partition coefficient (Wildman–Crippen LogP) is 2.99. The van der Waals surface area contributed by atoms with Gasteiger partial charge < -0.3 is 5.11 Å². The summed E-state index contributed by atoms with van der Waals surface area (Å²) in [6.07, 6.45) is -5.33. The van der Waals surface area contributed by atoms with E-state index in [1.807, 2.05) is 0 Å². The van der Waals surface area contributed by atoms with Crippen LogP contribution in [-0.4, -0.2) is 11.1 Å². The average Bonchev–Trinajstić information content (AvgIpc) is 1.99. The van der Waals surface area contributed by atoms with E-state index in [1.54, 1.807) is 0 Å². The Morgan fingerprint density at radius 3 is 2.47 bits per heavy atom. The van der Waals surface area contributed by atoms with Gasteiger partial charge in [-0.1, -0.05) is 23.7 Å². The largest absolute Gasteiger partial charge is 0.481 e. The predicted molar refractivity (Wildman–Crippen MR) is 47.8 cm³/mol. The molecule has 0 spiro atoms. The van der Waals surface area contributed by atoms with E-state index in [-0.39, 0.29) is 5.56 Å². The Morgan fingerprint density at radius 2 is 2.00 bits per heavy atom. The van der Waals surface area contributed by atoms with Crippen molar-refractivity contribution in [2.24, 2.45) is 0 Å². The van der Waals surface area contributed by atoms with E-state index >= 15 is 0 Å². The lowest BCUT2D eigenvalue weighted by Gasteiger charge is -2.12. The van der Waals surface area contributed by atoms with E-state index in [4.69, 9.17) is 16.7 Å². The second-order valence-electron chi connectivity index (χ2n) is 2.84. The van der Waals surface area contributed by atoms with Gasteiger partial charge in [-0.25, -0.2) is 0 Å². The van der Waals surface area contributed by atoms with Gasteiger partial charge in [0, 0.05) is 0 Å². The highest BCUT2D eigenvalue weighted by atomic mass is 35.5. The lowest BCUT2D eigenvalue weighted by atomic mass is 10.0. The standard InChI is InChI=1S/C9H6ClF3O2/c10-6-3-1-2-5(4-7(14)15)8(6)9(11,12)13/h1-3H,4H2,(H,14,15). The molecule has 6 heteroatoms. The average molecular weight is 239 g/mol. The highest BCUT2D eigenvalue weighted by molar-refractivity contribution is 6.31.